The lowest BCUT2D eigenvalue weighted by Crippen LogP contribution is -2.33. The van der Waals surface area contributed by atoms with E-state index in [9.17, 15) is 9.59 Å². The zero-order valence-corrected chi connectivity index (χ0v) is 15.8. The van der Waals surface area contributed by atoms with Crippen LogP contribution in [-0.2, 0) is 16.1 Å². The molecule has 0 spiro atoms. The second kappa shape index (κ2) is 8.39. The van der Waals surface area contributed by atoms with E-state index in [-0.39, 0.29) is 11.8 Å². The van der Waals surface area contributed by atoms with Gasteiger partial charge in [-0.15, -0.1) is 0 Å². The minimum atomic E-state index is 0.104. The highest BCUT2D eigenvalue weighted by Gasteiger charge is 2.18. The molecular weight excluding hydrogens is 326 g/mol. The van der Waals surface area contributed by atoms with E-state index in [1.165, 1.54) is 25.7 Å². The van der Waals surface area contributed by atoms with E-state index in [1.54, 1.807) is 0 Å². The Morgan fingerprint density at radius 1 is 1.15 bits per heavy atom. The number of aromatic nitrogens is 1. The Labute approximate surface area is 155 Å². The number of fused-ring (bicyclic) bond motifs is 1. The first-order chi connectivity index (χ1) is 12.6. The molecule has 2 amide bonds. The van der Waals surface area contributed by atoms with Crippen LogP contribution >= 0.6 is 0 Å². The summed E-state index contributed by atoms with van der Waals surface area (Å²) >= 11 is 0. The molecule has 0 unspecified atom stereocenters. The van der Waals surface area contributed by atoms with Crippen LogP contribution < -0.4 is 5.32 Å². The van der Waals surface area contributed by atoms with Gasteiger partial charge in [-0.2, -0.15) is 0 Å². The number of benzene rings is 1. The summed E-state index contributed by atoms with van der Waals surface area (Å²) in [7, 11) is 0. The van der Waals surface area contributed by atoms with Crippen LogP contribution in [0.1, 0.15) is 46.0 Å². The predicted octanol–water partition coefficient (Wildman–Crippen LogP) is 4.03. The maximum absolute atomic E-state index is 12.3. The number of hydrogen-bond acceptors (Lipinski definition) is 2. The maximum atomic E-state index is 12.3. The molecule has 140 valence electrons. The van der Waals surface area contributed by atoms with Gasteiger partial charge in [0.1, 0.15) is 6.54 Å². The van der Waals surface area contributed by atoms with Gasteiger partial charge in [-0.3, -0.25) is 9.59 Å². The van der Waals surface area contributed by atoms with Crippen molar-refractivity contribution in [3.63, 3.8) is 0 Å². The molecule has 1 aliphatic carbocycles. The van der Waals surface area contributed by atoms with Crippen LogP contribution in [0, 0.1) is 5.92 Å². The summed E-state index contributed by atoms with van der Waals surface area (Å²) in [6.07, 6.45) is 7.42. The number of carbonyl (C=O) groups is 2. The molecule has 5 heteroatoms. The molecule has 1 aromatic carbocycles. The van der Waals surface area contributed by atoms with E-state index in [0.717, 1.165) is 29.7 Å². The fourth-order valence-electron chi connectivity index (χ4n) is 3.93. The summed E-state index contributed by atoms with van der Waals surface area (Å²) in [6, 6.07) is 7.89. The van der Waals surface area contributed by atoms with Gasteiger partial charge in [0.2, 0.25) is 11.8 Å². The number of rotatable bonds is 7. The largest absolute Gasteiger partial charge is 0.342 e. The van der Waals surface area contributed by atoms with Crippen LogP contribution in [0.2, 0.25) is 0 Å². The fraction of sp³-hybridized carbons (Fsp3) is 0.524. The molecule has 0 radical (unpaired) electrons. The van der Waals surface area contributed by atoms with E-state index in [1.807, 2.05) is 53.8 Å². The minimum absolute atomic E-state index is 0.104. The third-order valence-corrected chi connectivity index (χ3v) is 5.43. The van der Waals surface area contributed by atoms with Crippen molar-refractivity contribution in [3.8, 4) is 0 Å². The van der Waals surface area contributed by atoms with Crippen molar-refractivity contribution in [2.24, 2.45) is 5.92 Å². The normalized spacial score (nSPS) is 14.7. The lowest BCUT2D eigenvalue weighted by Gasteiger charge is -2.19. The van der Waals surface area contributed by atoms with Crippen LogP contribution in [0.25, 0.3) is 10.9 Å². The van der Waals surface area contributed by atoms with Gasteiger partial charge in [0, 0.05) is 42.3 Å². The van der Waals surface area contributed by atoms with Gasteiger partial charge in [-0.25, -0.2) is 0 Å². The molecule has 1 fully saturated rings. The van der Waals surface area contributed by atoms with Crippen molar-refractivity contribution in [1.82, 2.24) is 9.47 Å². The minimum Gasteiger partial charge on any atom is -0.342 e. The zero-order chi connectivity index (χ0) is 18.5. The fourth-order valence-corrected chi connectivity index (χ4v) is 3.93. The molecule has 1 aromatic heterocycles. The quantitative estimate of drug-likeness (QED) is 0.815. The molecule has 1 N–H and O–H groups in total. The van der Waals surface area contributed by atoms with Crippen molar-refractivity contribution < 1.29 is 9.59 Å². The van der Waals surface area contributed by atoms with Crippen molar-refractivity contribution >= 4 is 28.4 Å². The molecule has 1 saturated carbocycles. The van der Waals surface area contributed by atoms with E-state index >= 15 is 0 Å². The van der Waals surface area contributed by atoms with Crippen LogP contribution in [-0.4, -0.2) is 34.4 Å². The van der Waals surface area contributed by atoms with E-state index < -0.39 is 0 Å². The number of likely N-dealkylation sites (N-methyl/N-ethyl adjacent to an activating group) is 1. The second-order valence-corrected chi connectivity index (χ2v) is 7.19. The monoisotopic (exact) mass is 355 g/mol. The van der Waals surface area contributed by atoms with Gasteiger partial charge < -0.3 is 14.8 Å². The molecule has 5 nitrogen and oxygen atoms in total. The highest BCUT2D eigenvalue weighted by atomic mass is 16.2. The Bertz CT molecular complexity index is 771. The number of carbonyl (C=O) groups excluding carboxylic acids is 2. The summed E-state index contributed by atoms with van der Waals surface area (Å²) in [6.45, 7) is 5.79. The van der Waals surface area contributed by atoms with Crippen molar-refractivity contribution in [3.05, 3.63) is 30.5 Å². The van der Waals surface area contributed by atoms with Crippen molar-refractivity contribution in [1.29, 1.82) is 0 Å². The molecule has 0 atom stereocenters. The molecule has 0 aliphatic heterocycles. The molecular formula is C21H29N3O2. The Kier molecular flexibility index (Phi) is 5.96. The first-order valence-electron chi connectivity index (χ1n) is 9.77. The SMILES string of the molecule is CCN(CC)C(=O)Cn1ccc2cc(NC(=O)CC3CCCC3)ccc21. The van der Waals surface area contributed by atoms with Crippen molar-refractivity contribution in [2.45, 2.75) is 52.5 Å². The Morgan fingerprint density at radius 3 is 2.58 bits per heavy atom. The van der Waals surface area contributed by atoms with E-state index in [2.05, 4.69) is 5.32 Å². The number of nitrogens with one attached hydrogen (secondary N) is 1. The smallest absolute Gasteiger partial charge is 0.242 e. The first-order valence-corrected chi connectivity index (χ1v) is 9.77. The summed E-state index contributed by atoms with van der Waals surface area (Å²) in [5.74, 6) is 0.778. The number of hydrogen-bond donors (Lipinski definition) is 1. The lowest BCUT2D eigenvalue weighted by atomic mass is 10.0. The zero-order valence-electron chi connectivity index (χ0n) is 15.8. The molecule has 1 aliphatic rings. The summed E-state index contributed by atoms with van der Waals surface area (Å²) in [5.41, 5.74) is 1.84. The average Bonchev–Trinajstić information content (AvgIpc) is 3.26. The summed E-state index contributed by atoms with van der Waals surface area (Å²) in [5, 5.41) is 4.06. The number of nitrogens with zero attached hydrogens (tertiary/aromatic N) is 2. The molecule has 3 rings (SSSR count). The first kappa shape index (κ1) is 18.5. The van der Waals surface area contributed by atoms with Gasteiger partial charge >= 0.3 is 0 Å². The maximum Gasteiger partial charge on any atom is 0.242 e. The Balaban J connectivity index is 1.66. The number of anilines is 1. The highest BCUT2D eigenvalue weighted by molar-refractivity contribution is 5.94. The third-order valence-electron chi connectivity index (χ3n) is 5.43. The van der Waals surface area contributed by atoms with Crippen LogP contribution in [0.15, 0.2) is 30.5 Å². The average molecular weight is 355 g/mol. The second-order valence-electron chi connectivity index (χ2n) is 7.19. The highest BCUT2D eigenvalue weighted by Crippen LogP contribution is 2.28. The van der Waals surface area contributed by atoms with E-state index in [4.69, 9.17) is 0 Å². The van der Waals surface area contributed by atoms with Gasteiger partial charge in [0.05, 0.1) is 0 Å². The van der Waals surface area contributed by atoms with Gasteiger partial charge in [0.25, 0.3) is 0 Å². The molecule has 0 saturated heterocycles. The Hall–Kier alpha value is -2.30. The lowest BCUT2D eigenvalue weighted by molar-refractivity contribution is -0.131. The van der Waals surface area contributed by atoms with E-state index in [0.29, 0.717) is 18.9 Å². The van der Waals surface area contributed by atoms with Crippen LogP contribution in [0.4, 0.5) is 5.69 Å². The molecule has 2 aromatic rings. The summed E-state index contributed by atoms with van der Waals surface area (Å²) < 4.78 is 1.97. The Morgan fingerprint density at radius 2 is 1.88 bits per heavy atom. The van der Waals surface area contributed by atoms with Gasteiger partial charge in [-0.1, -0.05) is 12.8 Å². The molecule has 0 bridgehead atoms. The molecule has 26 heavy (non-hydrogen) atoms. The van der Waals surface area contributed by atoms with Crippen LogP contribution in [0.3, 0.4) is 0 Å². The topological polar surface area (TPSA) is 54.3 Å². The third kappa shape index (κ3) is 4.26. The van der Waals surface area contributed by atoms with Gasteiger partial charge in [0.15, 0.2) is 0 Å². The predicted molar refractivity (Wildman–Crippen MR) is 105 cm³/mol. The summed E-state index contributed by atoms with van der Waals surface area (Å²) in [4.78, 5) is 26.4. The number of amides is 2. The molecule has 1 heterocycles. The standard InChI is InChI=1S/C21H29N3O2/c1-3-23(4-2)21(26)15-24-12-11-17-14-18(9-10-19(17)24)22-20(25)13-16-7-5-6-8-16/h9-12,14,16H,3-8,13,15H2,1-2H3,(H,22,25). The van der Waals surface area contributed by atoms with Crippen molar-refractivity contribution in [2.75, 3.05) is 18.4 Å². The van der Waals surface area contributed by atoms with Gasteiger partial charge in [-0.05, 0) is 56.9 Å². The van der Waals surface area contributed by atoms with Crippen LogP contribution in [0.5, 0.6) is 0 Å².